The molecule has 0 aliphatic carbocycles. The van der Waals surface area contributed by atoms with Gasteiger partial charge in [0.15, 0.2) is 5.69 Å². The van der Waals surface area contributed by atoms with Crippen molar-refractivity contribution in [2.75, 3.05) is 32.5 Å². The number of hydroxylamine groups is 2. The molecular formula is C36H38BN2O3+. The molecule has 1 unspecified atom stereocenters. The highest BCUT2D eigenvalue weighted by molar-refractivity contribution is 6.60. The van der Waals surface area contributed by atoms with Crippen LogP contribution < -0.4 is 15.8 Å². The van der Waals surface area contributed by atoms with Crippen LogP contribution in [-0.2, 0) is 9.49 Å². The van der Waals surface area contributed by atoms with E-state index in [1.54, 1.807) is 7.11 Å². The molecular weight excluding hydrogens is 519 g/mol. The van der Waals surface area contributed by atoms with Crippen LogP contribution in [0.4, 0.5) is 11.4 Å². The van der Waals surface area contributed by atoms with E-state index in [1.165, 1.54) is 0 Å². The molecule has 5 aromatic carbocycles. The second-order valence-electron chi connectivity index (χ2n) is 10.4. The predicted molar refractivity (Wildman–Crippen MR) is 176 cm³/mol. The summed E-state index contributed by atoms with van der Waals surface area (Å²) in [6, 6.07) is 40.4. The van der Waals surface area contributed by atoms with E-state index in [2.05, 4.69) is 50.2 Å². The van der Waals surface area contributed by atoms with Gasteiger partial charge in [-0.3, -0.25) is 0 Å². The third-order valence-corrected chi connectivity index (χ3v) is 7.92. The zero-order chi connectivity index (χ0) is 29.5. The summed E-state index contributed by atoms with van der Waals surface area (Å²) in [7, 11) is 0.519. The Bertz CT molecular complexity index is 1600. The van der Waals surface area contributed by atoms with Gasteiger partial charge in [-0.1, -0.05) is 121 Å². The molecule has 42 heavy (non-hydrogen) atoms. The van der Waals surface area contributed by atoms with Crippen LogP contribution in [0.5, 0.6) is 0 Å². The topological polar surface area (TPSA) is 64.7 Å². The summed E-state index contributed by atoms with van der Waals surface area (Å²) >= 11 is 0. The number of likely N-dealkylation sites (N-methyl/N-ethyl adjacent to an activating group) is 1. The number of nitrogens with zero attached hydrogens (tertiary/aromatic N) is 1. The second kappa shape index (κ2) is 13.2. The fourth-order valence-corrected chi connectivity index (χ4v) is 5.75. The fourth-order valence-electron chi connectivity index (χ4n) is 5.75. The number of nitrogen functional groups attached to an aromatic ring is 1. The van der Waals surface area contributed by atoms with Gasteiger partial charge in [-0.25, -0.2) is 4.76 Å². The van der Waals surface area contributed by atoms with Crippen LogP contribution >= 0.6 is 0 Å². The summed E-state index contributed by atoms with van der Waals surface area (Å²) in [5.41, 5.74) is 16.4. The molecule has 0 aromatic heterocycles. The summed E-state index contributed by atoms with van der Waals surface area (Å²) in [6.07, 6.45) is 0. The molecule has 0 aliphatic rings. The van der Waals surface area contributed by atoms with Crippen molar-refractivity contribution in [3.63, 3.8) is 0 Å². The lowest BCUT2D eigenvalue weighted by atomic mass is 9.80. The number of hydrogen-bond acceptors (Lipinski definition) is 4. The molecule has 0 radical (unpaired) electrons. The number of benzene rings is 5. The first-order valence-corrected chi connectivity index (χ1v) is 14.4. The van der Waals surface area contributed by atoms with Gasteiger partial charge in [0.05, 0.1) is 17.7 Å². The second-order valence-corrected chi connectivity index (χ2v) is 10.4. The Balaban J connectivity index is 1.94. The third-order valence-electron chi connectivity index (χ3n) is 7.92. The van der Waals surface area contributed by atoms with Gasteiger partial charge < -0.3 is 15.5 Å². The summed E-state index contributed by atoms with van der Waals surface area (Å²) in [6.45, 7) is 5.59. The summed E-state index contributed by atoms with van der Waals surface area (Å²) in [5.74, 6) is 0. The van der Waals surface area contributed by atoms with Crippen molar-refractivity contribution in [1.82, 2.24) is 4.65 Å². The Kier molecular flexibility index (Phi) is 9.20. The average Bonchev–Trinajstić information content (AvgIpc) is 3.05. The van der Waals surface area contributed by atoms with Crippen molar-refractivity contribution < 1.29 is 14.5 Å². The largest absolute Gasteiger partial charge is 0.557 e. The number of ether oxygens (including phenoxy) is 1. The van der Waals surface area contributed by atoms with E-state index in [-0.39, 0.29) is 4.65 Å². The van der Waals surface area contributed by atoms with Gasteiger partial charge in [0.25, 0.3) is 0 Å². The first-order chi connectivity index (χ1) is 20.5. The van der Waals surface area contributed by atoms with E-state index >= 15 is 0 Å². The Morgan fingerprint density at radius 3 is 1.62 bits per heavy atom. The summed E-state index contributed by atoms with van der Waals surface area (Å²) in [5, 5.41) is 11.6. The Morgan fingerprint density at radius 1 is 0.690 bits per heavy atom. The van der Waals surface area contributed by atoms with E-state index in [0.717, 1.165) is 44.6 Å². The van der Waals surface area contributed by atoms with Gasteiger partial charge in [0.1, 0.15) is 13.1 Å². The molecule has 0 saturated carbocycles. The maximum absolute atomic E-state index is 11.6. The molecule has 0 bridgehead atoms. The van der Waals surface area contributed by atoms with Gasteiger partial charge in [-0.15, -0.1) is 0 Å². The van der Waals surface area contributed by atoms with Crippen LogP contribution in [0.25, 0.3) is 33.4 Å². The lowest BCUT2D eigenvalue weighted by Crippen LogP contribution is -2.57. The molecule has 0 amide bonds. The molecule has 5 aromatic rings. The molecule has 0 fully saturated rings. The minimum absolute atomic E-state index is 0.0132. The Morgan fingerprint density at radius 2 is 1.14 bits per heavy atom. The highest BCUT2D eigenvalue weighted by Gasteiger charge is 2.43. The molecule has 5 nitrogen and oxygen atoms in total. The maximum atomic E-state index is 11.6. The predicted octanol–water partition coefficient (Wildman–Crippen LogP) is 6.87. The molecule has 0 aliphatic heterocycles. The fraction of sp³-hybridized carbons (Fsp3) is 0.167. The zero-order valence-electron chi connectivity index (χ0n) is 24.5. The van der Waals surface area contributed by atoms with Crippen molar-refractivity contribution >= 4 is 24.0 Å². The monoisotopic (exact) mass is 557 g/mol. The third kappa shape index (κ3) is 5.76. The number of nitrogens with two attached hydrogens (primary N) is 1. The Labute approximate surface area is 249 Å². The van der Waals surface area contributed by atoms with E-state index in [9.17, 15) is 5.02 Å². The summed E-state index contributed by atoms with van der Waals surface area (Å²) in [4.78, 5) is 0. The lowest BCUT2D eigenvalue weighted by molar-refractivity contribution is -0.0708. The van der Waals surface area contributed by atoms with E-state index < -0.39 is 7.12 Å². The maximum Gasteiger partial charge on any atom is 0.557 e. The lowest BCUT2D eigenvalue weighted by Gasteiger charge is -2.39. The van der Waals surface area contributed by atoms with Crippen LogP contribution in [0.3, 0.4) is 0 Å². The van der Waals surface area contributed by atoms with Crippen molar-refractivity contribution in [3.05, 3.63) is 127 Å². The highest BCUT2D eigenvalue weighted by atomic mass is 16.7. The number of anilines is 1. The van der Waals surface area contributed by atoms with Gasteiger partial charge >= 0.3 is 7.12 Å². The van der Waals surface area contributed by atoms with Crippen LogP contribution in [0, 0.1) is 6.92 Å². The van der Waals surface area contributed by atoms with E-state index in [1.807, 2.05) is 84.9 Å². The smallest absolute Gasteiger partial charge is 0.419 e. The molecule has 6 heteroatoms. The molecule has 0 saturated heterocycles. The van der Waals surface area contributed by atoms with Crippen molar-refractivity contribution in [1.29, 1.82) is 0 Å². The molecule has 1 atom stereocenters. The van der Waals surface area contributed by atoms with E-state index in [4.69, 9.17) is 15.2 Å². The Hall–Kier alpha value is -4.20. The number of hydrogen-bond donors (Lipinski definition) is 2. The van der Waals surface area contributed by atoms with Crippen molar-refractivity contribution in [3.8, 4) is 33.4 Å². The molecule has 3 N–H and O–H groups in total. The first-order valence-electron chi connectivity index (χ1n) is 14.4. The minimum Gasteiger partial charge on any atom is -0.419 e. The average molecular weight is 558 g/mol. The number of quaternary nitrogens is 1. The summed E-state index contributed by atoms with van der Waals surface area (Å²) < 4.78 is 12.5. The SMILES string of the molecule is CC[N+](CCOC)(OB(O)c1ccccc1)c1c(-c2ccccc2)c(C)c(N)c(-c2ccccc2)c1-c1ccccc1. The van der Waals surface area contributed by atoms with Gasteiger partial charge in [0, 0.05) is 18.4 Å². The number of rotatable bonds is 11. The van der Waals surface area contributed by atoms with Gasteiger partial charge in [-0.2, -0.15) is 4.65 Å². The number of methoxy groups -OCH3 is 1. The van der Waals surface area contributed by atoms with Crippen molar-refractivity contribution in [2.45, 2.75) is 13.8 Å². The van der Waals surface area contributed by atoms with Crippen LogP contribution in [-0.4, -0.2) is 38.9 Å². The molecule has 0 heterocycles. The van der Waals surface area contributed by atoms with Gasteiger partial charge in [-0.05, 0) is 41.6 Å². The van der Waals surface area contributed by atoms with E-state index in [0.29, 0.717) is 30.8 Å². The van der Waals surface area contributed by atoms with Crippen molar-refractivity contribution in [2.24, 2.45) is 0 Å². The molecule has 5 rings (SSSR count). The van der Waals surface area contributed by atoms with Gasteiger partial charge in [0.2, 0.25) is 0 Å². The molecule has 212 valence electrons. The first kappa shape index (κ1) is 29.3. The van der Waals surface area contributed by atoms with Crippen LogP contribution in [0.15, 0.2) is 121 Å². The highest BCUT2D eigenvalue weighted by Crippen LogP contribution is 2.53. The zero-order valence-corrected chi connectivity index (χ0v) is 24.5. The molecule has 0 spiro atoms. The quantitative estimate of drug-likeness (QED) is 0.0805. The van der Waals surface area contributed by atoms with Crippen LogP contribution in [0.2, 0.25) is 0 Å². The standard InChI is InChI=1S/C36H38BN2O3/c1-4-39(25-26-41-3,42-37(40)31-23-15-8-16-24-31)36-32(28-17-9-5-10-18-28)27(2)35(38)33(29-19-11-6-12-20-29)34(36)30-21-13-7-14-22-30/h5-24,40H,4,25-26,38H2,1-3H3/q+1. The minimum atomic E-state index is -1.17. The van der Waals surface area contributed by atoms with Crippen LogP contribution in [0.1, 0.15) is 12.5 Å². The normalized spacial score (nSPS) is 12.6.